The third-order valence-electron chi connectivity index (χ3n) is 4.67. The largest absolute Gasteiger partial charge is 0.484 e. The van der Waals surface area contributed by atoms with Crippen LogP contribution in [-0.2, 0) is 9.53 Å². The van der Waals surface area contributed by atoms with Crippen LogP contribution in [0.5, 0.6) is 5.75 Å². The predicted molar refractivity (Wildman–Crippen MR) is 125 cm³/mol. The number of nitrogens with one attached hydrogen (secondary N) is 1. The first kappa shape index (κ1) is 22.7. The second-order valence-electron chi connectivity index (χ2n) is 7.08. The minimum Gasteiger partial charge on any atom is -0.484 e. The van der Waals surface area contributed by atoms with Gasteiger partial charge in [-0.1, -0.05) is 30.3 Å². The number of hydrogen-bond donors (Lipinski definition) is 1. The van der Waals surface area contributed by atoms with Gasteiger partial charge in [0.25, 0.3) is 5.91 Å². The van der Waals surface area contributed by atoms with Gasteiger partial charge in [0.1, 0.15) is 5.75 Å². The fourth-order valence-electron chi connectivity index (χ4n) is 2.95. The second kappa shape index (κ2) is 11.5. The number of carbonyl (C=O) groups is 2. The highest BCUT2D eigenvalue weighted by atomic mass is 16.5. The summed E-state index contributed by atoms with van der Waals surface area (Å²) in [6.45, 7) is 3.99. The van der Waals surface area contributed by atoms with E-state index < -0.39 is 0 Å². The van der Waals surface area contributed by atoms with Crippen molar-refractivity contribution in [3.63, 3.8) is 0 Å². The first-order chi connectivity index (χ1) is 15.5. The van der Waals surface area contributed by atoms with E-state index in [4.69, 9.17) is 9.47 Å². The summed E-state index contributed by atoms with van der Waals surface area (Å²) >= 11 is 0. The van der Waals surface area contributed by atoms with Crippen LogP contribution in [0.15, 0.2) is 83.9 Å². The van der Waals surface area contributed by atoms with Crippen LogP contribution in [0.3, 0.4) is 0 Å². The Kier molecular flexibility index (Phi) is 8.15. The summed E-state index contributed by atoms with van der Waals surface area (Å²) in [4.78, 5) is 28.2. The van der Waals surface area contributed by atoms with Crippen molar-refractivity contribution in [2.24, 2.45) is 4.99 Å². The summed E-state index contributed by atoms with van der Waals surface area (Å²) in [6.07, 6.45) is 1.72. The number of benzene rings is 3. The van der Waals surface area contributed by atoms with Gasteiger partial charge in [-0.15, -0.1) is 0 Å². The third kappa shape index (κ3) is 6.80. The van der Waals surface area contributed by atoms with Crippen LogP contribution < -0.4 is 10.1 Å². The molecule has 3 aromatic rings. The van der Waals surface area contributed by atoms with E-state index in [2.05, 4.69) is 10.3 Å². The number of esters is 1. The van der Waals surface area contributed by atoms with E-state index >= 15 is 0 Å². The zero-order valence-corrected chi connectivity index (χ0v) is 18.2. The van der Waals surface area contributed by atoms with Gasteiger partial charge in [-0.3, -0.25) is 9.79 Å². The molecular formula is C26H26N2O4. The van der Waals surface area contributed by atoms with Crippen LogP contribution in [0.25, 0.3) is 0 Å². The van der Waals surface area contributed by atoms with E-state index in [0.29, 0.717) is 17.9 Å². The Hall–Kier alpha value is -3.93. The Labute approximate surface area is 187 Å². The topological polar surface area (TPSA) is 77.0 Å². The lowest BCUT2D eigenvalue weighted by molar-refractivity contribution is -0.123. The Morgan fingerprint density at radius 2 is 1.66 bits per heavy atom. The summed E-state index contributed by atoms with van der Waals surface area (Å²) in [5, 5.41) is 2.92. The molecule has 0 aliphatic rings. The van der Waals surface area contributed by atoms with E-state index in [9.17, 15) is 9.59 Å². The van der Waals surface area contributed by atoms with Crippen LogP contribution >= 0.6 is 0 Å². The average Bonchev–Trinajstić information content (AvgIpc) is 2.83. The van der Waals surface area contributed by atoms with Gasteiger partial charge in [0.05, 0.1) is 23.9 Å². The second-order valence-corrected chi connectivity index (χ2v) is 7.08. The van der Waals surface area contributed by atoms with Gasteiger partial charge in [-0.2, -0.15) is 0 Å². The van der Waals surface area contributed by atoms with Crippen molar-refractivity contribution >= 4 is 23.8 Å². The van der Waals surface area contributed by atoms with Crippen LogP contribution in [0.2, 0.25) is 0 Å². The molecule has 0 fully saturated rings. The standard InChI is InChI=1S/C26H26N2O4/c1-3-31-26(30)22-11-13-23(14-12-22)27-17-20-9-15-24(16-10-20)32-18-25(29)28-19(2)21-7-5-4-6-8-21/h4-17,19H,3,18H2,1-2H3,(H,28,29)/t19-/m0/s1. The van der Waals surface area contributed by atoms with Crippen molar-refractivity contribution in [1.82, 2.24) is 5.32 Å². The Morgan fingerprint density at radius 3 is 2.31 bits per heavy atom. The molecule has 1 atom stereocenters. The molecule has 32 heavy (non-hydrogen) atoms. The quantitative estimate of drug-likeness (QED) is 0.388. The highest BCUT2D eigenvalue weighted by molar-refractivity contribution is 5.90. The number of carbonyl (C=O) groups excluding carboxylic acids is 2. The fraction of sp³-hybridized carbons (Fsp3) is 0.192. The Bertz CT molecular complexity index is 1050. The number of rotatable bonds is 9. The molecule has 6 heteroatoms. The number of aliphatic imine (C=N–C) groups is 1. The molecule has 1 amide bonds. The summed E-state index contributed by atoms with van der Waals surface area (Å²) in [7, 11) is 0. The fourth-order valence-corrected chi connectivity index (χ4v) is 2.95. The number of amides is 1. The molecule has 0 aliphatic heterocycles. The minimum absolute atomic E-state index is 0.0581. The van der Waals surface area contributed by atoms with Crippen LogP contribution in [0.4, 0.5) is 5.69 Å². The minimum atomic E-state index is -0.346. The van der Waals surface area contributed by atoms with Crippen LogP contribution in [-0.4, -0.2) is 31.3 Å². The van der Waals surface area contributed by atoms with Gasteiger partial charge in [-0.05, 0) is 73.5 Å². The molecule has 0 aliphatic carbocycles. The highest BCUT2D eigenvalue weighted by Gasteiger charge is 2.09. The number of hydrogen-bond acceptors (Lipinski definition) is 5. The van der Waals surface area contributed by atoms with E-state index in [1.807, 2.05) is 49.4 Å². The van der Waals surface area contributed by atoms with Crippen molar-refractivity contribution in [1.29, 1.82) is 0 Å². The molecule has 0 unspecified atom stereocenters. The molecule has 0 radical (unpaired) electrons. The lowest BCUT2D eigenvalue weighted by Crippen LogP contribution is -2.31. The monoisotopic (exact) mass is 430 g/mol. The summed E-state index contributed by atoms with van der Waals surface area (Å²) in [5.41, 5.74) is 3.14. The molecule has 0 aromatic heterocycles. The van der Waals surface area contributed by atoms with Gasteiger partial charge in [0, 0.05) is 6.21 Å². The van der Waals surface area contributed by atoms with E-state index in [1.165, 1.54) is 0 Å². The molecule has 1 N–H and O–H groups in total. The van der Waals surface area contributed by atoms with Gasteiger partial charge in [0.2, 0.25) is 0 Å². The molecule has 3 rings (SSSR count). The molecule has 164 valence electrons. The highest BCUT2D eigenvalue weighted by Crippen LogP contribution is 2.16. The van der Waals surface area contributed by atoms with Crippen molar-refractivity contribution < 1.29 is 19.1 Å². The van der Waals surface area contributed by atoms with Gasteiger partial charge < -0.3 is 14.8 Å². The van der Waals surface area contributed by atoms with Crippen molar-refractivity contribution in [3.8, 4) is 5.75 Å². The molecule has 0 heterocycles. The maximum Gasteiger partial charge on any atom is 0.338 e. The molecule has 3 aromatic carbocycles. The number of nitrogens with zero attached hydrogens (tertiary/aromatic N) is 1. The van der Waals surface area contributed by atoms with E-state index in [0.717, 1.165) is 16.8 Å². The van der Waals surface area contributed by atoms with Crippen molar-refractivity contribution in [2.45, 2.75) is 19.9 Å². The van der Waals surface area contributed by atoms with Gasteiger partial charge >= 0.3 is 5.97 Å². The maximum absolute atomic E-state index is 12.1. The van der Waals surface area contributed by atoms with Gasteiger partial charge in [0.15, 0.2) is 6.61 Å². The molecule has 0 bridgehead atoms. The average molecular weight is 431 g/mol. The number of ether oxygens (including phenoxy) is 2. The maximum atomic E-state index is 12.1. The molecule has 0 spiro atoms. The first-order valence-corrected chi connectivity index (χ1v) is 10.4. The van der Waals surface area contributed by atoms with Crippen LogP contribution in [0, 0.1) is 0 Å². The predicted octanol–water partition coefficient (Wildman–Crippen LogP) is 4.87. The zero-order chi connectivity index (χ0) is 22.8. The Morgan fingerprint density at radius 1 is 0.969 bits per heavy atom. The zero-order valence-electron chi connectivity index (χ0n) is 18.2. The van der Waals surface area contributed by atoms with Crippen molar-refractivity contribution in [2.75, 3.05) is 13.2 Å². The molecule has 0 saturated carbocycles. The Balaban J connectivity index is 1.48. The summed E-state index contributed by atoms with van der Waals surface area (Å²) in [5.74, 6) is 0.0727. The van der Waals surface area contributed by atoms with Crippen molar-refractivity contribution in [3.05, 3.63) is 95.6 Å². The normalized spacial score (nSPS) is 11.7. The third-order valence-corrected chi connectivity index (χ3v) is 4.67. The summed E-state index contributed by atoms with van der Waals surface area (Å²) < 4.78 is 10.5. The molecule has 6 nitrogen and oxygen atoms in total. The van der Waals surface area contributed by atoms with E-state index in [1.54, 1.807) is 49.5 Å². The SMILES string of the molecule is CCOC(=O)c1ccc(N=Cc2ccc(OCC(=O)N[C@@H](C)c3ccccc3)cc2)cc1. The van der Waals surface area contributed by atoms with E-state index in [-0.39, 0.29) is 24.5 Å². The molecule has 0 saturated heterocycles. The summed E-state index contributed by atoms with van der Waals surface area (Å²) in [6, 6.07) is 23.9. The molecular weight excluding hydrogens is 404 g/mol. The van der Waals surface area contributed by atoms with Crippen LogP contribution in [0.1, 0.15) is 41.4 Å². The smallest absolute Gasteiger partial charge is 0.338 e. The lowest BCUT2D eigenvalue weighted by atomic mass is 10.1. The first-order valence-electron chi connectivity index (χ1n) is 10.4. The lowest BCUT2D eigenvalue weighted by Gasteiger charge is -2.14. The van der Waals surface area contributed by atoms with Gasteiger partial charge in [-0.25, -0.2) is 4.79 Å².